The first kappa shape index (κ1) is 15.9. The van der Waals surface area contributed by atoms with Crippen molar-refractivity contribution in [3.05, 3.63) is 69.1 Å². The smallest absolute Gasteiger partial charge is 0.253 e. The van der Waals surface area contributed by atoms with Crippen molar-refractivity contribution in [1.82, 2.24) is 10.3 Å². The van der Waals surface area contributed by atoms with Crippen molar-refractivity contribution in [2.75, 3.05) is 0 Å². The van der Waals surface area contributed by atoms with Gasteiger partial charge in [0.15, 0.2) is 11.6 Å². The fourth-order valence-electron chi connectivity index (χ4n) is 2.07. The number of aromatic amines is 1. The van der Waals surface area contributed by atoms with Gasteiger partial charge in [0.2, 0.25) is 5.56 Å². The lowest BCUT2D eigenvalue weighted by atomic mass is 10.0. The molecule has 4 nitrogen and oxygen atoms in total. The van der Waals surface area contributed by atoms with E-state index in [1.165, 1.54) is 18.2 Å². The van der Waals surface area contributed by atoms with E-state index in [0.29, 0.717) is 16.8 Å². The number of rotatable bonds is 4. The third kappa shape index (κ3) is 3.58. The topological polar surface area (TPSA) is 62.0 Å². The van der Waals surface area contributed by atoms with Crippen LogP contribution in [0.1, 0.15) is 41.4 Å². The molecule has 2 rings (SSSR count). The number of hydrogen-bond acceptors (Lipinski definition) is 2. The van der Waals surface area contributed by atoms with Crippen LogP contribution >= 0.6 is 0 Å². The molecule has 0 aliphatic heterocycles. The normalized spacial score (nSPS) is 10.8. The fourth-order valence-corrected chi connectivity index (χ4v) is 2.07. The molecule has 1 heterocycles. The third-order valence-corrected chi connectivity index (χ3v) is 3.21. The van der Waals surface area contributed by atoms with Gasteiger partial charge in [0, 0.05) is 18.3 Å². The summed E-state index contributed by atoms with van der Waals surface area (Å²) in [5.41, 5.74) is 1.07. The van der Waals surface area contributed by atoms with Gasteiger partial charge < -0.3 is 10.3 Å². The Balaban J connectivity index is 2.16. The largest absolute Gasteiger partial charge is 0.348 e. The van der Waals surface area contributed by atoms with Crippen molar-refractivity contribution >= 4 is 5.91 Å². The average molecular weight is 306 g/mol. The van der Waals surface area contributed by atoms with Gasteiger partial charge in [-0.1, -0.05) is 19.9 Å². The standard InChI is InChI=1S/C16H16F2N2O2/c1-9(2)15-11(4-6-14(21)20-15)16(22)19-8-10-3-5-12(17)13(18)7-10/h3-7,9H,8H2,1-2H3,(H,19,22)(H,20,21). The Kier molecular flexibility index (Phi) is 4.70. The minimum atomic E-state index is -0.960. The van der Waals surface area contributed by atoms with E-state index < -0.39 is 11.6 Å². The number of nitrogens with one attached hydrogen (secondary N) is 2. The Bertz CT molecular complexity index is 754. The van der Waals surface area contributed by atoms with E-state index in [9.17, 15) is 18.4 Å². The van der Waals surface area contributed by atoms with Crippen LogP contribution in [0.25, 0.3) is 0 Å². The SMILES string of the molecule is CC(C)c1[nH]c(=O)ccc1C(=O)NCc1ccc(F)c(F)c1. The highest BCUT2D eigenvalue weighted by Crippen LogP contribution is 2.15. The number of halogens is 2. The fraction of sp³-hybridized carbons (Fsp3) is 0.250. The number of H-pyrrole nitrogens is 1. The maximum absolute atomic E-state index is 13.1. The van der Waals surface area contributed by atoms with E-state index in [4.69, 9.17) is 0 Å². The molecule has 0 fully saturated rings. The monoisotopic (exact) mass is 306 g/mol. The predicted octanol–water partition coefficient (Wildman–Crippen LogP) is 2.71. The summed E-state index contributed by atoms with van der Waals surface area (Å²) in [6.07, 6.45) is 0. The minimum Gasteiger partial charge on any atom is -0.348 e. The maximum Gasteiger partial charge on any atom is 0.253 e. The molecule has 0 radical (unpaired) electrons. The molecule has 2 N–H and O–H groups in total. The van der Waals surface area contributed by atoms with E-state index in [0.717, 1.165) is 12.1 Å². The molecule has 1 amide bonds. The van der Waals surface area contributed by atoms with Gasteiger partial charge in [-0.2, -0.15) is 0 Å². The second-order valence-corrected chi connectivity index (χ2v) is 5.24. The molecule has 1 aromatic carbocycles. The molecule has 0 aliphatic carbocycles. The van der Waals surface area contributed by atoms with E-state index in [1.54, 1.807) is 0 Å². The van der Waals surface area contributed by atoms with Crippen molar-refractivity contribution in [1.29, 1.82) is 0 Å². The summed E-state index contributed by atoms with van der Waals surface area (Å²) >= 11 is 0. The number of aromatic nitrogens is 1. The van der Waals surface area contributed by atoms with Crippen LogP contribution in [0, 0.1) is 11.6 Å². The van der Waals surface area contributed by atoms with Gasteiger partial charge in [-0.15, -0.1) is 0 Å². The number of carbonyl (C=O) groups excluding carboxylic acids is 1. The highest BCUT2D eigenvalue weighted by atomic mass is 19.2. The number of carbonyl (C=O) groups is 1. The van der Waals surface area contributed by atoms with Crippen molar-refractivity contribution < 1.29 is 13.6 Å². The second kappa shape index (κ2) is 6.51. The minimum absolute atomic E-state index is 0.0297. The van der Waals surface area contributed by atoms with Gasteiger partial charge in [0.05, 0.1) is 5.56 Å². The van der Waals surface area contributed by atoms with Gasteiger partial charge in [-0.25, -0.2) is 8.78 Å². The van der Waals surface area contributed by atoms with Crippen LogP contribution in [-0.2, 0) is 6.54 Å². The number of benzene rings is 1. The van der Waals surface area contributed by atoms with E-state index >= 15 is 0 Å². The molecular formula is C16H16F2N2O2. The number of hydrogen-bond donors (Lipinski definition) is 2. The lowest BCUT2D eigenvalue weighted by molar-refractivity contribution is 0.0949. The molecule has 1 aromatic heterocycles. The summed E-state index contributed by atoms with van der Waals surface area (Å²) in [7, 11) is 0. The van der Waals surface area contributed by atoms with Crippen molar-refractivity contribution in [3.63, 3.8) is 0 Å². The molecule has 0 bridgehead atoms. The van der Waals surface area contributed by atoms with Crippen LogP contribution < -0.4 is 10.9 Å². The van der Waals surface area contributed by atoms with Crippen LogP contribution in [0.5, 0.6) is 0 Å². The van der Waals surface area contributed by atoms with E-state index in [2.05, 4.69) is 10.3 Å². The van der Waals surface area contributed by atoms with Crippen molar-refractivity contribution in [2.24, 2.45) is 0 Å². The molecule has 0 spiro atoms. The Labute approximate surface area is 126 Å². The third-order valence-electron chi connectivity index (χ3n) is 3.21. The first-order valence-electron chi connectivity index (χ1n) is 6.84. The summed E-state index contributed by atoms with van der Waals surface area (Å²) in [5.74, 6) is -2.31. The van der Waals surface area contributed by atoms with Gasteiger partial charge in [-0.3, -0.25) is 9.59 Å². The number of pyridine rings is 1. The van der Waals surface area contributed by atoms with E-state index in [1.807, 2.05) is 13.8 Å². The number of amides is 1. The summed E-state index contributed by atoms with van der Waals surface area (Å²) in [6.45, 7) is 3.78. The zero-order valence-electron chi connectivity index (χ0n) is 12.2. The Hall–Kier alpha value is -2.50. The zero-order valence-corrected chi connectivity index (χ0v) is 12.2. The molecule has 0 saturated carbocycles. The quantitative estimate of drug-likeness (QED) is 0.912. The second-order valence-electron chi connectivity index (χ2n) is 5.24. The van der Waals surface area contributed by atoms with Crippen LogP contribution in [-0.4, -0.2) is 10.9 Å². The van der Waals surface area contributed by atoms with Gasteiger partial charge in [-0.05, 0) is 29.7 Å². The first-order chi connectivity index (χ1) is 10.4. The molecular weight excluding hydrogens is 290 g/mol. The molecule has 116 valence electrons. The maximum atomic E-state index is 13.1. The Morgan fingerprint density at radius 1 is 1.18 bits per heavy atom. The van der Waals surface area contributed by atoms with Crippen LogP contribution in [0.15, 0.2) is 35.1 Å². The first-order valence-corrected chi connectivity index (χ1v) is 6.84. The molecule has 0 aliphatic rings. The zero-order chi connectivity index (χ0) is 16.3. The van der Waals surface area contributed by atoms with Crippen LogP contribution in [0.2, 0.25) is 0 Å². The predicted molar refractivity (Wildman–Crippen MR) is 78.7 cm³/mol. The van der Waals surface area contributed by atoms with Gasteiger partial charge in [0.25, 0.3) is 5.91 Å². The summed E-state index contributed by atoms with van der Waals surface area (Å²) < 4.78 is 26.0. The summed E-state index contributed by atoms with van der Waals surface area (Å²) in [5, 5.41) is 2.63. The van der Waals surface area contributed by atoms with Gasteiger partial charge >= 0.3 is 0 Å². The van der Waals surface area contributed by atoms with Crippen molar-refractivity contribution in [3.8, 4) is 0 Å². The summed E-state index contributed by atoms with van der Waals surface area (Å²) in [6, 6.07) is 6.17. The van der Waals surface area contributed by atoms with E-state index in [-0.39, 0.29) is 23.9 Å². The highest BCUT2D eigenvalue weighted by Gasteiger charge is 2.14. The van der Waals surface area contributed by atoms with Gasteiger partial charge in [0.1, 0.15) is 0 Å². The lowest BCUT2D eigenvalue weighted by Crippen LogP contribution is -2.26. The molecule has 2 aromatic rings. The molecule has 0 atom stereocenters. The lowest BCUT2D eigenvalue weighted by Gasteiger charge is -2.12. The summed E-state index contributed by atoms with van der Waals surface area (Å²) in [4.78, 5) is 26.2. The van der Waals surface area contributed by atoms with Crippen molar-refractivity contribution in [2.45, 2.75) is 26.3 Å². The molecule has 0 saturated heterocycles. The van der Waals surface area contributed by atoms with Crippen LogP contribution in [0.4, 0.5) is 8.78 Å². The van der Waals surface area contributed by atoms with Crippen LogP contribution in [0.3, 0.4) is 0 Å². The molecule has 22 heavy (non-hydrogen) atoms. The highest BCUT2D eigenvalue weighted by molar-refractivity contribution is 5.95. The molecule has 0 unspecified atom stereocenters. The molecule has 6 heteroatoms. The Morgan fingerprint density at radius 2 is 1.91 bits per heavy atom. The Morgan fingerprint density at radius 3 is 2.55 bits per heavy atom. The average Bonchev–Trinajstić information content (AvgIpc) is 2.48.